The lowest BCUT2D eigenvalue weighted by molar-refractivity contribution is -0.207. The second kappa shape index (κ2) is 6.86. The zero-order chi connectivity index (χ0) is 16.5. The first-order valence-electron chi connectivity index (χ1n) is 9.00. The third-order valence-corrected chi connectivity index (χ3v) is 5.45. The molecule has 0 bridgehead atoms. The average Bonchev–Trinajstić information content (AvgIpc) is 3.20. The van der Waals surface area contributed by atoms with Crippen molar-refractivity contribution in [2.24, 2.45) is 17.8 Å². The molecule has 6 nitrogen and oxygen atoms in total. The molecule has 0 saturated carbocycles. The number of hydroxylamine groups is 2. The quantitative estimate of drug-likeness (QED) is 0.844. The van der Waals surface area contributed by atoms with Crippen LogP contribution < -0.4 is 0 Å². The Morgan fingerprint density at radius 2 is 2.17 bits per heavy atom. The van der Waals surface area contributed by atoms with Gasteiger partial charge >= 0.3 is 0 Å². The molecular weight excluding hydrogens is 308 g/mol. The summed E-state index contributed by atoms with van der Waals surface area (Å²) < 4.78 is 11.5. The van der Waals surface area contributed by atoms with Gasteiger partial charge in [-0.2, -0.15) is 0 Å². The van der Waals surface area contributed by atoms with Gasteiger partial charge in [0.15, 0.2) is 0 Å². The Labute approximate surface area is 142 Å². The smallest absolute Gasteiger partial charge is 0.251 e. The fourth-order valence-corrected chi connectivity index (χ4v) is 4.22. The minimum absolute atomic E-state index is 0.0785. The summed E-state index contributed by atoms with van der Waals surface area (Å²) >= 11 is 0. The zero-order valence-electron chi connectivity index (χ0n) is 14.3. The second-order valence-electron chi connectivity index (χ2n) is 7.26. The number of likely N-dealkylation sites (tertiary alicyclic amines) is 1. The molecule has 0 aliphatic carbocycles. The maximum atomic E-state index is 12.8. The third-order valence-electron chi connectivity index (χ3n) is 5.45. The van der Waals surface area contributed by atoms with E-state index in [2.05, 4.69) is 4.90 Å². The molecule has 6 heteroatoms. The molecular formula is C18H26N2O4. The molecule has 132 valence electrons. The number of hydrogen-bond donors (Lipinski definition) is 0. The fraction of sp³-hybridized carbons (Fsp3) is 0.722. The average molecular weight is 334 g/mol. The van der Waals surface area contributed by atoms with Crippen LogP contribution in [0.2, 0.25) is 0 Å². The highest BCUT2D eigenvalue weighted by atomic mass is 16.7. The minimum atomic E-state index is -0.0785. The molecule has 0 aromatic carbocycles. The van der Waals surface area contributed by atoms with Crippen molar-refractivity contribution < 1.29 is 18.8 Å². The molecule has 0 N–H and O–H groups in total. The SMILES string of the molecule is Cc1ccc(CN2C[C@@H]3COC[C@@H](C(=O)N4CCCCO4)[C@@H]3C2)o1. The van der Waals surface area contributed by atoms with Crippen molar-refractivity contribution in [2.75, 3.05) is 39.5 Å². The van der Waals surface area contributed by atoms with Crippen LogP contribution in [0.5, 0.6) is 0 Å². The van der Waals surface area contributed by atoms with Gasteiger partial charge in [-0.15, -0.1) is 0 Å². The fourth-order valence-electron chi connectivity index (χ4n) is 4.22. The van der Waals surface area contributed by atoms with Crippen molar-refractivity contribution in [3.05, 3.63) is 23.7 Å². The van der Waals surface area contributed by atoms with E-state index in [9.17, 15) is 4.79 Å². The van der Waals surface area contributed by atoms with E-state index in [-0.39, 0.29) is 11.8 Å². The molecule has 0 radical (unpaired) electrons. The number of amides is 1. The van der Waals surface area contributed by atoms with E-state index in [0.29, 0.717) is 31.6 Å². The summed E-state index contributed by atoms with van der Waals surface area (Å²) in [5.41, 5.74) is 0. The van der Waals surface area contributed by atoms with Crippen LogP contribution in [0.25, 0.3) is 0 Å². The third kappa shape index (κ3) is 3.23. The molecule has 4 rings (SSSR count). The molecule has 3 aliphatic heterocycles. The van der Waals surface area contributed by atoms with Crippen molar-refractivity contribution in [3.8, 4) is 0 Å². The normalized spacial score (nSPS) is 31.2. The number of aryl methyl sites for hydroxylation is 1. The van der Waals surface area contributed by atoms with E-state index in [1.165, 1.54) is 0 Å². The Morgan fingerprint density at radius 3 is 2.92 bits per heavy atom. The number of furan rings is 1. The van der Waals surface area contributed by atoms with Crippen LogP contribution in [0.15, 0.2) is 16.5 Å². The van der Waals surface area contributed by atoms with Gasteiger partial charge in [-0.25, -0.2) is 5.06 Å². The molecule has 3 saturated heterocycles. The molecule has 1 amide bonds. The number of rotatable bonds is 3. The highest BCUT2D eigenvalue weighted by molar-refractivity contribution is 5.78. The summed E-state index contributed by atoms with van der Waals surface area (Å²) in [6, 6.07) is 4.04. The largest absolute Gasteiger partial charge is 0.465 e. The number of nitrogens with zero attached hydrogens (tertiary/aromatic N) is 2. The Balaban J connectivity index is 1.41. The lowest BCUT2D eigenvalue weighted by Gasteiger charge is -2.36. The first kappa shape index (κ1) is 16.1. The molecule has 3 fully saturated rings. The van der Waals surface area contributed by atoms with E-state index in [1.807, 2.05) is 19.1 Å². The topological polar surface area (TPSA) is 55.2 Å². The van der Waals surface area contributed by atoms with E-state index < -0.39 is 0 Å². The monoisotopic (exact) mass is 334 g/mol. The maximum absolute atomic E-state index is 12.8. The Kier molecular flexibility index (Phi) is 4.61. The van der Waals surface area contributed by atoms with Gasteiger partial charge in [0, 0.05) is 19.6 Å². The number of ether oxygens (including phenoxy) is 1. The molecule has 4 heterocycles. The lowest BCUT2D eigenvalue weighted by atomic mass is 9.82. The number of carbonyl (C=O) groups is 1. The highest BCUT2D eigenvalue weighted by Gasteiger charge is 2.45. The van der Waals surface area contributed by atoms with Crippen molar-refractivity contribution in [1.29, 1.82) is 0 Å². The molecule has 3 atom stereocenters. The van der Waals surface area contributed by atoms with E-state index in [1.54, 1.807) is 5.06 Å². The van der Waals surface area contributed by atoms with Gasteiger partial charge < -0.3 is 9.15 Å². The van der Waals surface area contributed by atoms with Gasteiger partial charge in [0.1, 0.15) is 11.5 Å². The summed E-state index contributed by atoms with van der Waals surface area (Å²) in [6.07, 6.45) is 2.06. The van der Waals surface area contributed by atoms with Gasteiger partial charge in [-0.3, -0.25) is 14.5 Å². The summed E-state index contributed by atoms with van der Waals surface area (Å²) in [4.78, 5) is 20.8. The van der Waals surface area contributed by atoms with Crippen LogP contribution in [-0.4, -0.2) is 55.3 Å². The van der Waals surface area contributed by atoms with E-state index >= 15 is 0 Å². The standard InChI is InChI=1S/C18H26N2O4/c1-13-4-5-15(24-13)9-19-8-14-11-22-12-17(16(14)10-19)18(21)20-6-2-3-7-23-20/h4-5,14,16-17H,2-3,6-12H2,1H3/t14-,16-,17-/m1/s1. The summed E-state index contributed by atoms with van der Waals surface area (Å²) in [5, 5.41) is 1.58. The van der Waals surface area contributed by atoms with Crippen LogP contribution in [0.1, 0.15) is 24.4 Å². The Bertz CT molecular complexity index is 581. The molecule has 3 aliphatic rings. The van der Waals surface area contributed by atoms with Crippen LogP contribution in [0, 0.1) is 24.7 Å². The number of hydrogen-bond acceptors (Lipinski definition) is 5. The van der Waals surface area contributed by atoms with Gasteiger partial charge in [-0.05, 0) is 43.7 Å². The van der Waals surface area contributed by atoms with Crippen molar-refractivity contribution in [1.82, 2.24) is 9.96 Å². The van der Waals surface area contributed by atoms with E-state index in [0.717, 1.165) is 50.6 Å². The molecule has 24 heavy (non-hydrogen) atoms. The van der Waals surface area contributed by atoms with Crippen LogP contribution in [0.3, 0.4) is 0 Å². The Hall–Kier alpha value is -1.37. The molecule has 0 unspecified atom stereocenters. The second-order valence-corrected chi connectivity index (χ2v) is 7.26. The van der Waals surface area contributed by atoms with Crippen LogP contribution >= 0.6 is 0 Å². The van der Waals surface area contributed by atoms with Gasteiger partial charge in [-0.1, -0.05) is 0 Å². The van der Waals surface area contributed by atoms with Crippen molar-refractivity contribution in [3.63, 3.8) is 0 Å². The van der Waals surface area contributed by atoms with E-state index in [4.69, 9.17) is 14.0 Å². The first-order chi connectivity index (χ1) is 11.7. The van der Waals surface area contributed by atoms with Crippen molar-refractivity contribution >= 4 is 5.91 Å². The van der Waals surface area contributed by atoms with Crippen LogP contribution in [-0.2, 0) is 20.9 Å². The summed E-state index contributed by atoms with van der Waals surface area (Å²) in [5.74, 6) is 2.75. The number of carbonyl (C=O) groups excluding carboxylic acids is 1. The lowest BCUT2D eigenvalue weighted by Crippen LogP contribution is -2.47. The maximum Gasteiger partial charge on any atom is 0.251 e. The van der Waals surface area contributed by atoms with Gasteiger partial charge in [0.2, 0.25) is 0 Å². The molecule has 0 spiro atoms. The van der Waals surface area contributed by atoms with Crippen molar-refractivity contribution in [2.45, 2.75) is 26.3 Å². The molecule has 1 aromatic rings. The minimum Gasteiger partial charge on any atom is -0.465 e. The Morgan fingerprint density at radius 1 is 1.25 bits per heavy atom. The zero-order valence-corrected chi connectivity index (χ0v) is 14.3. The first-order valence-corrected chi connectivity index (χ1v) is 9.00. The number of fused-ring (bicyclic) bond motifs is 1. The van der Waals surface area contributed by atoms with Gasteiger partial charge in [0.05, 0.1) is 32.3 Å². The summed E-state index contributed by atoms with van der Waals surface area (Å²) in [7, 11) is 0. The summed E-state index contributed by atoms with van der Waals surface area (Å²) in [6.45, 7) is 7.31. The predicted octanol–water partition coefficient (Wildman–Crippen LogP) is 1.84. The predicted molar refractivity (Wildman–Crippen MR) is 86.9 cm³/mol. The van der Waals surface area contributed by atoms with Crippen LogP contribution in [0.4, 0.5) is 0 Å². The highest BCUT2D eigenvalue weighted by Crippen LogP contribution is 2.36. The molecule has 1 aromatic heterocycles. The van der Waals surface area contributed by atoms with Gasteiger partial charge in [0.25, 0.3) is 5.91 Å².